The molecule has 4 heteroatoms. The first-order valence-corrected chi connectivity index (χ1v) is 6.66. The molecule has 0 aromatic heterocycles. The Hall–Kier alpha value is -0.610. The molecule has 2 aliphatic carbocycles. The molecule has 0 spiro atoms. The molecule has 3 N–H and O–H groups in total. The van der Waals surface area contributed by atoms with Crippen LogP contribution in [-0.4, -0.2) is 34.9 Å². The quantitative estimate of drug-likeness (QED) is 0.685. The van der Waals surface area contributed by atoms with Crippen LogP contribution in [0.1, 0.15) is 45.4 Å². The first kappa shape index (κ1) is 12.8. The number of aliphatic hydroxyl groups excluding tert-OH is 2. The van der Waals surface area contributed by atoms with Gasteiger partial charge in [0.2, 0.25) is 5.91 Å². The van der Waals surface area contributed by atoms with E-state index in [2.05, 4.69) is 5.32 Å². The minimum atomic E-state index is -0.475. The summed E-state index contributed by atoms with van der Waals surface area (Å²) in [4.78, 5) is 12.1. The van der Waals surface area contributed by atoms with Crippen molar-refractivity contribution in [2.45, 2.75) is 57.6 Å². The van der Waals surface area contributed by atoms with Crippen LogP contribution in [0, 0.1) is 11.3 Å². The lowest BCUT2D eigenvalue weighted by atomic mass is 9.85. The van der Waals surface area contributed by atoms with Crippen LogP contribution in [0.25, 0.3) is 0 Å². The molecule has 17 heavy (non-hydrogen) atoms. The topological polar surface area (TPSA) is 69.6 Å². The SMILES string of the molecule is CC1(CO)CCCC1NC(=O)C1CCCC1O. The van der Waals surface area contributed by atoms with Crippen molar-refractivity contribution in [1.29, 1.82) is 0 Å². The summed E-state index contributed by atoms with van der Waals surface area (Å²) in [5, 5.41) is 22.2. The van der Waals surface area contributed by atoms with Gasteiger partial charge in [0.1, 0.15) is 0 Å². The normalized spacial score (nSPS) is 41.7. The van der Waals surface area contributed by atoms with Crippen molar-refractivity contribution in [2.75, 3.05) is 6.61 Å². The van der Waals surface area contributed by atoms with Crippen LogP contribution in [0.5, 0.6) is 0 Å². The van der Waals surface area contributed by atoms with Gasteiger partial charge in [0.15, 0.2) is 0 Å². The van der Waals surface area contributed by atoms with Crippen molar-refractivity contribution in [1.82, 2.24) is 5.32 Å². The fourth-order valence-corrected chi connectivity index (χ4v) is 3.19. The first-order valence-electron chi connectivity index (χ1n) is 6.66. The maximum Gasteiger partial charge on any atom is 0.225 e. The van der Waals surface area contributed by atoms with E-state index in [1.165, 1.54) is 0 Å². The van der Waals surface area contributed by atoms with Gasteiger partial charge in [-0.3, -0.25) is 4.79 Å². The minimum Gasteiger partial charge on any atom is -0.396 e. The smallest absolute Gasteiger partial charge is 0.225 e. The molecule has 4 atom stereocenters. The Kier molecular flexibility index (Phi) is 3.73. The largest absolute Gasteiger partial charge is 0.396 e. The molecular formula is C13H23NO3. The highest BCUT2D eigenvalue weighted by molar-refractivity contribution is 5.80. The van der Waals surface area contributed by atoms with Crippen molar-refractivity contribution >= 4 is 5.91 Å². The van der Waals surface area contributed by atoms with Gasteiger partial charge in [-0.15, -0.1) is 0 Å². The summed E-state index contributed by atoms with van der Waals surface area (Å²) in [5.41, 5.74) is -0.181. The van der Waals surface area contributed by atoms with Gasteiger partial charge in [0.25, 0.3) is 0 Å². The Labute approximate surface area is 102 Å². The van der Waals surface area contributed by atoms with Crippen LogP contribution in [0.3, 0.4) is 0 Å². The molecule has 0 bridgehead atoms. The Balaban J connectivity index is 1.94. The Morgan fingerprint density at radius 2 is 2.12 bits per heavy atom. The van der Waals surface area contributed by atoms with E-state index >= 15 is 0 Å². The van der Waals surface area contributed by atoms with Crippen molar-refractivity contribution in [3.8, 4) is 0 Å². The number of rotatable bonds is 3. The van der Waals surface area contributed by atoms with E-state index in [4.69, 9.17) is 0 Å². The lowest BCUT2D eigenvalue weighted by Crippen LogP contribution is -2.47. The van der Waals surface area contributed by atoms with Crippen molar-refractivity contribution in [3.05, 3.63) is 0 Å². The molecule has 4 unspecified atom stereocenters. The van der Waals surface area contributed by atoms with Gasteiger partial charge >= 0.3 is 0 Å². The van der Waals surface area contributed by atoms with E-state index in [1.54, 1.807) is 0 Å². The number of hydrogen-bond donors (Lipinski definition) is 3. The monoisotopic (exact) mass is 241 g/mol. The van der Waals surface area contributed by atoms with E-state index in [1.807, 2.05) is 6.92 Å². The number of hydrogen-bond acceptors (Lipinski definition) is 3. The van der Waals surface area contributed by atoms with Gasteiger partial charge in [-0.1, -0.05) is 13.3 Å². The van der Waals surface area contributed by atoms with Gasteiger partial charge in [0, 0.05) is 11.5 Å². The molecule has 0 radical (unpaired) electrons. The summed E-state index contributed by atoms with van der Waals surface area (Å²) in [7, 11) is 0. The molecule has 0 heterocycles. The van der Waals surface area contributed by atoms with Crippen molar-refractivity contribution in [2.24, 2.45) is 11.3 Å². The molecule has 2 saturated carbocycles. The highest BCUT2D eigenvalue weighted by Gasteiger charge is 2.41. The number of nitrogens with one attached hydrogen (secondary N) is 1. The van der Waals surface area contributed by atoms with Crippen LogP contribution in [0.2, 0.25) is 0 Å². The number of carbonyl (C=O) groups is 1. The predicted molar refractivity (Wildman–Crippen MR) is 64.3 cm³/mol. The van der Waals surface area contributed by atoms with E-state index < -0.39 is 6.10 Å². The molecule has 0 aromatic carbocycles. The third kappa shape index (κ3) is 2.47. The lowest BCUT2D eigenvalue weighted by molar-refractivity contribution is -0.129. The number of carbonyl (C=O) groups excluding carboxylic acids is 1. The maximum absolute atomic E-state index is 12.1. The van der Waals surface area contributed by atoms with Crippen LogP contribution in [0.4, 0.5) is 0 Å². The van der Waals surface area contributed by atoms with Gasteiger partial charge in [0.05, 0.1) is 18.6 Å². The average molecular weight is 241 g/mol. The highest BCUT2D eigenvalue weighted by Crippen LogP contribution is 2.38. The van der Waals surface area contributed by atoms with Crippen molar-refractivity contribution in [3.63, 3.8) is 0 Å². The van der Waals surface area contributed by atoms with E-state index in [9.17, 15) is 15.0 Å². The van der Waals surface area contributed by atoms with E-state index in [0.717, 1.165) is 38.5 Å². The summed E-state index contributed by atoms with van der Waals surface area (Å²) in [6.07, 6.45) is 4.93. The average Bonchev–Trinajstić information content (AvgIpc) is 2.87. The first-order chi connectivity index (χ1) is 8.07. The molecule has 0 aliphatic heterocycles. The standard InChI is InChI=1S/C13H23NO3/c1-13(8-15)7-3-6-11(13)14-12(17)9-4-2-5-10(9)16/h9-11,15-16H,2-8H2,1H3,(H,14,17). The Bertz CT molecular complexity index is 294. The summed E-state index contributed by atoms with van der Waals surface area (Å²) < 4.78 is 0. The second kappa shape index (κ2) is 4.94. The second-order valence-corrected chi connectivity index (χ2v) is 5.87. The van der Waals surface area contributed by atoms with Crippen molar-refractivity contribution < 1.29 is 15.0 Å². The van der Waals surface area contributed by atoms with Crippen LogP contribution < -0.4 is 5.32 Å². The Morgan fingerprint density at radius 1 is 1.35 bits per heavy atom. The molecular weight excluding hydrogens is 218 g/mol. The summed E-state index contributed by atoms with van der Waals surface area (Å²) in [6.45, 7) is 2.14. The molecule has 2 aliphatic rings. The minimum absolute atomic E-state index is 0.0263. The second-order valence-electron chi connectivity index (χ2n) is 5.87. The van der Waals surface area contributed by atoms with Crippen LogP contribution >= 0.6 is 0 Å². The van der Waals surface area contributed by atoms with Crippen LogP contribution in [0.15, 0.2) is 0 Å². The molecule has 98 valence electrons. The molecule has 2 rings (SSSR count). The number of amides is 1. The molecule has 2 fully saturated rings. The summed E-state index contributed by atoms with van der Waals surface area (Å²) >= 11 is 0. The zero-order valence-corrected chi connectivity index (χ0v) is 10.5. The van der Waals surface area contributed by atoms with Gasteiger partial charge in [-0.05, 0) is 32.1 Å². The summed E-state index contributed by atoms with van der Waals surface area (Å²) in [6, 6.07) is 0.0628. The molecule has 4 nitrogen and oxygen atoms in total. The molecule has 1 amide bonds. The van der Waals surface area contributed by atoms with E-state index in [0.29, 0.717) is 0 Å². The predicted octanol–water partition coefficient (Wildman–Crippen LogP) is 0.815. The number of aliphatic hydroxyl groups is 2. The fourth-order valence-electron chi connectivity index (χ4n) is 3.19. The maximum atomic E-state index is 12.1. The highest BCUT2D eigenvalue weighted by atomic mass is 16.3. The fraction of sp³-hybridized carbons (Fsp3) is 0.923. The lowest BCUT2D eigenvalue weighted by Gasteiger charge is -2.31. The van der Waals surface area contributed by atoms with E-state index in [-0.39, 0.29) is 29.9 Å². The van der Waals surface area contributed by atoms with Crippen LogP contribution in [-0.2, 0) is 4.79 Å². The molecule has 0 saturated heterocycles. The molecule has 0 aromatic rings. The summed E-state index contributed by atoms with van der Waals surface area (Å²) in [5.74, 6) is -0.264. The Morgan fingerprint density at radius 3 is 2.71 bits per heavy atom. The zero-order chi connectivity index (χ0) is 12.5. The van der Waals surface area contributed by atoms with Gasteiger partial charge in [-0.25, -0.2) is 0 Å². The third-order valence-electron chi connectivity index (χ3n) is 4.58. The van der Waals surface area contributed by atoms with Gasteiger partial charge in [-0.2, -0.15) is 0 Å². The van der Waals surface area contributed by atoms with Gasteiger partial charge < -0.3 is 15.5 Å². The third-order valence-corrected chi connectivity index (χ3v) is 4.58. The zero-order valence-electron chi connectivity index (χ0n) is 10.5.